The summed E-state index contributed by atoms with van der Waals surface area (Å²) in [6.07, 6.45) is 0. The van der Waals surface area contributed by atoms with Crippen LogP contribution in [0.4, 0.5) is 0 Å². The maximum atomic E-state index is 9.47. The van der Waals surface area contributed by atoms with Crippen LogP contribution in [0.1, 0.15) is 0 Å². The van der Waals surface area contributed by atoms with Gasteiger partial charge in [-0.1, -0.05) is 25.3 Å². The Labute approximate surface area is 79.2 Å². The van der Waals surface area contributed by atoms with Crippen molar-refractivity contribution in [2.45, 2.75) is 0 Å². The van der Waals surface area contributed by atoms with Crippen LogP contribution < -0.4 is 10.4 Å². The first kappa shape index (κ1) is 8.50. The van der Waals surface area contributed by atoms with Crippen LogP contribution in [0.15, 0.2) is 12.1 Å². The van der Waals surface area contributed by atoms with Crippen LogP contribution in [-0.2, 0) is 0 Å². The molecule has 1 aromatic heterocycles. The monoisotopic (exact) mass is 191 g/mol. The number of benzene rings is 1. The molecular weight excluding hydrogens is 182 g/mol. The number of fused-ring (bicyclic) bond motifs is 1. The van der Waals surface area contributed by atoms with Gasteiger partial charge < -0.3 is 15.4 Å². The zero-order chi connectivity index (χ0) is 10.5. The summed E-state index contributed by atoms with van der Waals surface area (Å²) in [5.41, 5.74) is 0. The van der Waals surface area contributed by atoms with E-state index in [-0.39, 0.29) is 0 Å². The first-order chi connectivity index (χ1) is 6.54. The Morgan fingerprint density at radius 3 is 1.64 bits per heavy atom. The van der Waals surface area contributed by atoms with Crippen LogP contribution in [0, 0.1) is 0 Å². The van der Waals surface area contributed by atoms with E-state index in [1.807, 2.05) is 0 Å². The van der Waals surface area contributed by atoms with Gasteiger partial charge in [-0.25, -0.2) is 0 Å². The molecule has 0 saturated carbocycles. The highest BCUT2D eigenvalue weighted by atomic mass is 16.5. The highest BCUT2D eigenvalue weighted by Gasteiger charge is 2.15. The zero-order valence-electron chi connectivity index (χ0n) is 7.36. The van der Waals surface area contributed by atoms with Gasteiger partial charge in [0.2, 0.25) is 11.8 Å². The third kappa shape index (κ3) is 0.821. The van der Waals surface area contributed by atoms with Crippen molar-refractivity contribution in [1.29, 1.82) is 0 Å². The van der Waals surface area contributed by atoms with Crippen LogP contribution in [0.5, 0.6) is 11.8 Å². The van der Waals surface area contributed by atoms with E-state index in [1.165, 1.54) is 0 Å². The predicted octanol–water partition coefficient (Wildman–Crippen LogP) is 0.110. The van der Waals surface area contributed by atoms with Gasteiger partial charge in [0.25, 0.3) is 0 Å². The molecule has 72 valence electrons. The number of aromatic nitrogens is 1. The van der Waals surface area contributed by atoms with Gasteiger partial charge in [0, 0.05) is 0 Å². The molecule has 0 aliphatic carbocycles. The standard InChI is InChI=1S/C10H9NO3/c1-5-3-4-6(2)8-7(5)9(12)11(14)10(8)13/h3-4,12-14H,1-2H2. The molecule has 1 heterocycles. The first-order valence-electron chi connectivity index (χ1n) is 3.96. The molecule has 0 spiro atoms. The van der Waals surface area contributed by atoms with Gasteiger partial charge >= 0.3 is 0 Å². The average molecular weight is 191 g/mol. The summed E-state index contributed by atoms with van der Waals surface area (Å²) in [6.45, 7) is 7.36. The molecule has 0 aliphatic rings. The van der Waals surface area contributed by atoms with Crippen molar-refractivity contribution in [3.05, 3.63) is 22.6 Å². The quantitative estimate of drug-likeness (QED) is 0.518. The summed E-state index contributed by atoms with van der Waals surface area (Å²) >= 11 is 0. The summed E-state index contributed by atoms with van der Waals surface area (Å²) in [4.78, 5) is 0. The normalized spacial score (nSPS) is 10.9. The van der Waals surface area contributed by atoms with Crippen molar-refractivity contribution >= 4 is 23.9 Å². The average Bonchev–Trinajstić information content (AvgIpc) is 2.38. The number of nitrogens with zero attached hydrogens (tertiary/aromatic N) is 1. The number of hydrogen-bond acceptors (Lipinski definition) is 3. The van der Waals surface area contributed by atoms with Crippen LogP contribution in [0.25, 0.3) is 23.9 Å². The second kappa shape index (κ2) is 2.45. The van der Waals surface area contributed by atoms with Gasteiger partial charge in [0.1, 0.15) is 0 Å². The molecule has 1 aromatic carbocycles. The highest BCUT2D eigenvalue weighted by Crippen LogP contribution is 2.29. The molecule has 4 nitrogen and oxygen atoms in total. The summed E-state index contributed by atoms with van der Waals surface area (Å²) in [5, 5.41) is 29.9. The van der Waals surface area contributed by atoms with E-state index in [4.69, 9.17) is 0 Å². The molecule has 0 atom stereocenters. The molecule has 0 bridgehead atoms. The molecule has 0 fully saturated rings. The fraction of sp³-hybridized carbons (Fsp3) is 0. The number of hydrogen-bond donors (Lipinski definition) is 3. The summed E-state index contributed by atoms with van der Waals surface area (Å²) in [7, 11) is 0. The second-order valence-electron chi connectivity index (χ2n) is 3.09. The van der Waals surface area contributed by atoms with Crippen LogP contribution in [0.3, 0.4) is 0 Å². The van der Waals surface area contributed by atoms with Crippen molar-refractivity contribution in [1.82, 2.24) is 4.73 Å². The number of rotatable bonds is 0. The Hall–Kier alpha value is -2.10. The van der Waals surface area contributed by atoms with E-state index in [1.54, 1.807) is 12.1 Å². The Balaban J connectivity index is 3.25. The minimum atomic E-state index is -0.423. The molecule has 3 N–H and O–H groups in total. The molecule has 4 heteroatoms. The Morgan fingerprint density at radius 1 is 0.929 bits per heavy atom. The van der Waals surface area contributed by atoms with Crippen molar-refractivity contribution in [3.8, 4) is 11.8 Å². The van der Waals surface area contributed by atoms with Crippen molar-refractivity contribution < 1.29 is 15.4 Å². The lowest BCUT2D eigenvalue weighted by Gasteiger charge is -1.92. The topological polar surface area (TPSA) is 65.6 Å². The van der Waals surface area contributed by atoms with Crippen molar-refractivity contribution in [2.24, 2.45) is 0 Å². The fourth-order valence-electron chi connectivity index (χ4n) is 1.51. The summed E-state index contributed by atoms with van der Waals surface area (Å²) in [5.74, 6) is -0.846. The molecule has 0 aliphatic heterocycles. The van der Waals surface area contributed by atoms with Crippen molar-refractivity contribution in [2.75, 3.05) is 0 Å². The molecule has 2 aromatic rings. The zero-order valence-corrected chi connectivity index (χ0v) is 7.36. The smallest absolute Gasteiger partial charge is 0.237 e. The molecular formula is C10H9NO3. The van der Waals surface area contributed by atoms with Gasteiger partial charge in [-0.05, 0) is 10.4 Å². The molecule has 0 unspecified atom stereocenters. The van der Waals surface area contributed by atoms with Crippen LogP contribution >= 0.6 is 0 Å². The van der Waals surface area contributed by atoms with Crippen LogP contribution in [-0.4, -0.2) is 20.2 Å². The first-order valence-corrected chi connectivity index (χ1v) is 3.96. The van der Waals surface area contributed by atoms with E-state index in [2.05, 4.69) is 13.2 Å². The Bertz CT molecular complexity index is 560. The largest absolute Gasteiger partial charge is 0.492 e. The van der Waals surface area contributed by atoms with Gasteiger partial charge in [-0.2, -0.15) is 0 Å². The second-order valence-corrected chi connectivity index (χ2v) is 3.09. The number of aromatic hydroxyl groups is 2. The maximum absolute atomic E-state index is 9.47. The van der Waals surface area contributed by atoms with E-state index < -0.39 is 11.8 Å². The fourth-order valence-corrected chi connectivity index (χ4v) is 1.51. The van der Waals surface area contributed by atoms with Gasteiger partial charge in [0.15, 0.2) is 0 Å². The van der Waals surface area contributed by atoms with E-state index in [0.29, 0.717) is 25.9 Å². The lowest BCUT2D eigenvalue weighted by atomic mass is 10.1. The molecule has 0 radical (unpaired) electrons. The van der Waals surface area contributed by atoms with Gasteiger partial charge in [-0.15, -0.1) is 4.73 Å². The van der Waals surface area contributed by atoms with E-state index >= 15 is 0 Å². The van der Waals surface area contributed by atoms with Gasteiger partial charge in [0.05, 0.1) is 10.8 Å². The SMILES string of the molecule is C=c1ccc(=C)c2c(O)n(O)c(O)c12. The van der Waals surface area contributed by atoms with E-state index in [0.717, 1.165) is 0 Å². The highest BCUT2D eigenvalue weighted by molar-refractivity contribution is 5.93. The van der Waals surface area contributed by atoms with E-state index in [9.17, 15) is 15.4 Å². The third-order valence-corrected chi connectivity index (χ3v) is 2.23. The minimum Gasteiger partial charge on any atom is -0.492 e. The lowest BCUT2D eigenvalue weighted by molar-refractivity contribution is 0.132. The van der Waals surface area contributed by atoms with Crippen LogP contribution in [0.2, 0.25) is 0 Å². The molecule has 2 rings (SSSR count). The Kier molecular flexibility index (Phi) is 1.48. The predicted molar refractivity (Wildman–Crippen MR) is 52.7 cm³/mol. The molecule has 0 saturated heterocycles. The van der Waals surface area contributed by atoms with Crippen molar-refractivity contribution in [3.63, 3.8) is 0 Å². The van der Waals surface area contributed by atoms with Gasteiger partial charge in [-0.3, -0.25) is 0 Å². The minimum absolute atomic E-state index is 0.314. The third-order valence-electron chi connectivity index (χ3n) is 2.23. The molecule has 0 amide bonds. The molecule has 14 heavy (non-hydrogen) atoms. The lowest BCUT2D eigenvalue weighted by Crippen LogP contribution is -2.06. The summed E-state index contributed by atoms with van der Waals surface area (Å²) in [6, 6.07) is 3.31. The summed E-state index contributed by atoms with van der Waals surface area (Å²) < 4.78 is 0.314. The Morgan fingerprint density at radius 2 is 1.29 bits per heavy atom. The maximum Gasteiger partial charge on any atom is 0.237 e.